The average Bonchev–Trinajstić information content (AvgIpc) is 2.54. The number of hydrogen-bond donors (Lipinski definition) is 1. The first-order valence-electron chi connectivity index (χ1n) is 6.85. The Hall–Kier alpha value is -0.410. The molecule has 1 fully saturated rings. The van der Waals surface area contributed by atoms with Crippen molar-refractivity contribution in [2.45, 2.75) is 54.5 Å². The molecule has 1 atom stereocenters. The zero-order chi connectivity index (χ0) is 13.7. The van der Waals surface area contributed by atoms with Gasteiger partial charge in [0.15, 0.2) is 0 Å². The topological polar surface area (TPSA) is 24.9 Å². The van der Waals surface area contributed by atoms with Gasteiger partial charge in [0.1, 0.15) is 0 Å². The van der Waals surface area contributed by atoms with Gasteiger partial charge in [0, 0.05) is 10.9 Å². The van der Waals surface area contributed by atoms with Gasteiger partial charge >= 0.3 is 0 Å². The Morgan fingerprint density at radius 1 is 1.22 bits per heavy atom. The number of aromatic nitrogens is 1. The van der Waals surface area contributed by atoms with E-state index >= 15 is 0 Å². The van der Waals surface area contributed by atoms with Gasteiger partial charge in [-0.05, 0) is 44.1 Å². The third kappa shape index (κ3) is 2.12. The smallest absolute Gasteiger partial charge is 0.0900 e. The fourth-order valence-corrected chi connectivity index (χ4v) is 4.13. The minimum Gasteiger partial charge on any atom is -0.309 e. The number of rotatable bonds is 4. The predicted octanol–water partition coefficient (Wildman–Crippen LogP) is 4.09. The van der Waals surface area contributed by atoms with Crippen LogP contribution < -0.4 is 5.32 Å². The molecule has 0 saturated heterocycles. The van der Waals surface area contributed by atoms with Gasteiger partial charge in [-0.1, -0.05) is 27.7 Å². The van der Waals surface area contributed by atoms with Gasteiger partial charge in [-0.25, -0.2) is 4.98 Å². The lowest BCUT2D eigenvalue weighted by Gasteiger charge is -2.13. The second kappa shape index (κ2) is 4.31. The molecule has 2 nitrogen and oxygen atoms in total. The maximum Gasteiger partial charge on any atom is 0.0900 e. The number of aryl methyl sites for hydroxylation is 2. The van der Waals surface area contributed by atoms with E-state index in [9.17, 15) is 0 Å². The summed E-state index contributed by atoms with van der Waals surface area (Å²) in [4.78, 5) is 5.90. The summed E-state index contributed by atoms with van der Waals surface area (Å²) in [7, 11) is 0. The van der Waals surface area contributed by atoms with Crippen LogP contribution in [-0.2, 0) is 0 Å². The zero-order valence-corrected chi connectivity index (χ0v) is 13.5. The SMILES string of the molecule is Cc1nc(C)c(C(C)NCC2C(C)(C)C2(C)C)s1. The van der Waals surface area contributed by atoms with Crippen LogP contribution in [0.25, 0.3) is 0 Å². The van der Waals surface area contributed by atoms with E-state index in [-0.39, 0.29) is 0 Å². The Morgan fingerprint density at radius 2 is 1.78 bits per heavy atom. The molecule has 18 heavy (non-hydrogen) atoms. The van der Waals surface area contributed by atoms with Crippen molar-refractivity contribution in [1.29, 1.82) is 0 Å². The Morgan fingerprint density at radius 3 is 2.17 bits per heavy atom. The van der Waals surface area contributed by atoms with E-state index in [0.29, 0.717) is 16.9 Å². The predicted molar refractivity (Wildman–Crippen MR) is 79.1 cm³/mol. The normalized spacial score (nSPS) is 23.1. The summed E-state index contributed by atoms with van der Waals surface area (Å²) >= 11 is 1.82. The molecule has 1 unspecified atom stereocenters. The van der Waals surface area contributed by atoms with Crippen molar-refractivity contribution in [3.8, 4) is 0 Å². The minimum absolute atomic E-state index is 0.420. The average molecular weight is 266 g/mol. The second-order valence-corrected chi connectivity index (χ2v) is 8.04. The van der Waals surface area contributed by atoms with Gasteiger partial charge in [0.05, 0.1) is 10.7 Å². The lowest BCUT2D eigenvalue weighted by molar-refractivity contribution is 0.457. The molecule has 0 bridgehead atoms. The number of thiazole rings is 1. The van der Waals surface area contributed by atoms with Crippen molar-refractivity contribution in [3.63, 3.8) is 0 Å². The zero-order valence-electron chi connectivity index (χ0n) is 12.7. The van der Waals surface area contributed by atoms with E-state index in [1.807, 2.05) is 11.3 Å². The standard InChI is InChI=1S/C15H26N2S/c1-9(13-10(2)17-11(3)18-13)16-8-12-14(4,5)15(12,6)7/h9,12,16H,8H2,1-7H3. The molecular weight excluding hydrogens is 240 g/mol. The highest BCUT2D eigenvalue weighted by Crippen LogP contribution is 2.68. The van der Waals surface area contributed by atoms with Gasteiger partial charge in [-0.3, -0.25) is 0 Å². The molecule has 2 rings (SSSR count). The molecule has 1 aliphatic rings. The van der Waals surface area contributed by atoms with E-state index in [1.165, 1.54) is 15.6 Å². The van der Waals surface area contributed by atoms with Gasteiger partial charge in [-0.15, -0.1) is 11.3 Å². The van der Waals surface area contributed by atoms with Crippen LogP contribution >= 0.6 is 11.3 Å². The van der Waals surface area contributed by atoms with E-state index < -0.39 is 0 Å². The first-order valence-corrected chi connectivity index (χ1v) is 7.67. The molecule has 1 aromatic rings. The van der Waals surface area contributed by atoms with Gasteiger partial charge < -0.3 is 5.32 Å². The maximum absolute atomic E-state index is 4.51. The van der Waals surface area contributed by atoms with Crippen molar-refractivity contribution in [3.05, 3.63) is 15.6 Å². The third-order valence-corrected chi connectivity index (χ3v) is 6.54. The van der Waals surface area contributed by atoms with Crippen molar-refractivity contribution in [1.82, 2.24) is 10.3 Å². The maximum atomic E-state index is 4.51. The van der Waals surface area contributed by atoms with E-state index in [0.717, 1.165) is 12.5 Å². The summed E-state index contributed by atoms with van der Waals surface area (Å²) in [5, 5.41) is 4.87. The van der Waals surface area contributed by atoms with E-state index in [2.05, 4.69) is 58.8 Å². The van der Waals surface area contributed by atoms with Crippen LogP contribution in [-0.4, -0.2) is 11.5 Å². The molecule has 102 valence electrons. The quantitative estimate of drug-likeness (QED) is 0.887. The molecule has 0 radical (unpaired) electrons. The van der Waals surface area contributed by atoms with E-state index in [4.69, 9.17) is 0 Å². The summed E-state index contributed by atoms with van der Waals surface area (Å²) in [5.74, 6) is 0.779. The molecule has 1 saturated carbocycles. The highest BCUT2D eigenvalue weighted by Gasteiger charge is 2.63. The Kier molecular flexibility index (Phi) is 3.35. The van der Waals surface area contributed by atoms with Crippen LogP contribution in [0, 0.1) is 30.6 Å². The minimum atomic E-state index is 0.420. The first-order chi connectivity index (χ1) is 8.18. The van der Waals surface area contributed by atoms with Gasteiger partial charge in [0.2, 0.25) is 0 Å². The van der Waals surface area contributed by atoms with Crippen LogP contribution in [0.1, 0.15) is 56.2 Å². The fourth-order valence-electron chi connectivity index (χ4n) is 3.18. The Labute approximate surface area is 115 Å². The molecule has 1 heterocycles. The molecule has 0 spiro atoms. The van der Waals surface area contributed by atoms with Gasteiger partial charge in [0.25, 0.3) is 0 Å². The summed E-state index contributed by atoms with van der Waals surface area (Å²) < 4.78 is 0. The molecule has 0 amide bonds. The van der Waals surface area contributed by atoms with Crippen LogP contribution in [0.3, 0.4) is 0 Å². The lowest BCUT2D eigenvalue weighted by Crippen LogP contribution is -2.23. The highest BCUT2D eigenvalue weighted by molar-refractivity contribution is 7.11. The third-order valence-electron chi connectivity index (χ3n) is 5.28. The molecular formula is C15H26N2S. The van der Waals surface area contributed by atoms with Crippen molar-refractivity contribution in [2.24, 2.45) is 16.7 Å². The second-order valence-electron chi connectivity index (χ2n) is 6.81. The Balaban J connectivity index is 1.94. The molecule has 3 heteroatoms. The monoisotopic (exact) mass is 266 g/mol. The summed E-state index contributed by atoms with van der Waals surface area (Å²) in [6.07, 6.45) is 0. The molecule has 1 aromatic heterocycles. The number of nitrogens with one attached hydrogen (secondary N) is 1. The van der Waals surface area contributed by atoms with Crippen LogP contribution in [0.5, 0.6) is 0 Å². The van der Waals surface area contributed by atoms with Gasteiger partial charge in [-0.2, -0.15) is 0 Å². The van der Waals surface area contributed by atoms with Crippen LogP contribution in [0.15, 0.2) is 0 Å². The Bertz CT molecular complexity index is 431. The van der Waals surface area contributed by atoms with Crippen LogP contribution in [0.4, 0.5) is 0 Å². The van der Waals surface area contributed by atoms with E-state index in [1.54, 1.807) is 0 Å². The summed E-state index contributed by atoms with van der Waals surface area (Å²) in [6, 6.07) is 0.420. The molecule has 0 aromatic carbocycles. The molecule has 1 N–H and O–H groups in total. The molecule has 1 aliphatic carbocycles. The molecule has 0 aliphatic heterocycles. The summed E-state index contributed by atoms with van der Waals surface area (Å²) in [6.45, 7) is 17.1. The fraction of sp³-hybridized carbons (Fsp3) is 0.800. The van der Waals surface area contributed by atoms with Crippen molar-refractivity contribution < 1.29 is 0 Å². The first kappa shape index (κ1) is 14.0. The lowest BCUT2D eigenvalue weighted by atomic mass is 10.0. The van der Waals surface area contributed by atoms with Crippen molar-refractivity contribution in [2.75, 3.05) is 6.54 Å². The largest absolute Gasteiger partial charge is 0.309 e. The van der Waals surface area contributed by atoms with Crippen molar-refractivity contribution >= 4 is 11.3 Å². The van der Waals surface area contributed by atoms with Crippen LogP contribution in [0.2, 0.25) is 0 Å². The highest BCUT2D eigenvalue weighted by atomic mass is 32.1. The summed E-state index contributed by atoms with van der Waals surface area (Å²) in [5.41, 5.74) is 2.13. The number of nitrogens with zero attached hydrogens (tertiary/aromatic N) is 1. The number of hydrogen-bond acceptors (Lipinski definition) is 3.